The summed E-state index contributed by atoms with van der Waals surface area (Å²) < 4.78 is 0. The second-order valence-corrected chi connectivity index (χ2v) is 7.58. The van der Waals surface area contributed by atoms with Crippen LogP contribution in [-0.4, -0.2) is 34.5 Å². The molecule has 0 atom stereocenters. The molecule has 0 unspecified atom stereocenters. The van der Waals surface area contributed by atoms with Gasteiger partial charge < -0.3 is 10.0 Å². The van der Waals surface area contributed by atoms with E-state index in [0.717, 1.165) is 23.1 Å². The molecule has 0 aliphatic heterocycles. The summed E-state index contributed by atoms with van der Waals surface area (Å²) in [6.45, 7) is 4.22. The molecular formula is C22H25NO3. The third-order valence-corrected chi connectivity index (χ3v) is 5.30. The van der Waals surface area contributed by atoms with Crippen LogP contribution in [0.5, 0.6) is 0 Å². The molecule has 1 N–H and O–H groups in total. The van der Waals surface area contributed by atoms with E-state index in [9.17, 15) is 14.7 Å². The Balaban J connectivity index is 1.96. The number of aliphatic carboxylic acids is 1. The standard InChI is InChI=1S/C22H25NO3/c1-15(2)12-16-8-6-7-11-19(16)20(24)23(3)22(21(25)26)13-17-9-4-5-10-18(17)14-22/h4-11,15H,12-14H2,1-3H3,(H,25,26). The lowest BCUT2D eigenvalue weighted by molar-refractivity contribution is -0.148. The Bertz CT molecular complexity index is 816. The second-order valence-electron chi connectivity index (χ2n) is 7.58. The molecule has 0 heterocycles. The molecule has 3 rings (SSSR count). The van der Waals surface area contributed by atoms with Crippen LogP contribution in [0.4, 0.5) is 0 Å². The minimum atomic E-state index is -1.23. The van der Waals surface area contributed by atoms with Gasteiger partial charge >= 0.3 is 5.97 Å². The molecule has 26 heavy (non-hydrogen) atoms. The highest BCUT2D eigenvalue weighted by Crippen LogP contribution is 2.35. The molecule has 0 spiro atoms. The zero-order valence-corrected chi connectivity index (χ0v) is 15.5. The number of fused-ring (bicyclic) bond motifs is 1. The van der Waals surface area contributed by atoms with Gasteiger partial charge in [-0.05, 0) is 35.1 Å². The number of carbonyl (C=O) groups is 2. The molecule has 1 aliphatic rings. The van der Waals surface area contributed by atoms with Gasteiger partial charge in [-0.2, -0.15) is 0 Å². The van der Waals surface area contributed by atoms with Crippen molar-refractivity contribution in [3.8, 4) is 0 Å². The lowest BCUT2D eigenvalue weighted by atomic mass is 9.91. The van der Waals surface area contributed by atoms with Crippen LogP contribution >= 0.6 is 0 Å². The number of carbonyl (C=O) groups excluding carboxylic acids is 1. The first kappa shape index (κ1) is 18.2. The SMILES string of the molecule is CC(C)Cc1ccccc1C(=O)N(C)C1(C(=O)O)Cc2ccccc2C1. The van der Waals surface area contributed by atoms with Gasteiger partial charge in [0.15, 0.2) is 0 Å². The van der Waals surface area contributed by atoms with Crippen molar-refractivity contribution in [2.75, 3.05) is 7.05 Å². The van der Waals surface area contributed by atoms with Gasteiger partial charge in [-0.1, -0.05) is 56.3 Å². The Kier molecular flexibility index (Phi) is 4.86. The first-order chi connectivity index (χ1) is 12.3. The predicted molar refractivity (Wildman–Crippen MR) is 101 cm³/mol. The van der Waals surface area contributed by atoms with Crippen LogP contribution in [0, 0.1) is 5.92 Å². The van der Waals surface area contributed by atoms with Gasteiger partial charge in [-0.25, -0.2) is 4.79 Å². The Morgan fingerprint density at radius 1 is 1.04 bits per heavy atom. The summed E-state index contributed by atoms with van der Waals surface area (Å²) in [4.78, 5) is 26.9. The molecule has 0 aromatic heterocycles. The fraction of sp³-hybridized carbons (Fsp3) is 0.364. The summed E-state index contributed by atoms with van der Waals surface area (Å²) >= 11 is 0. The van der Waals surface area contributed by atoms with Crippen molar-refractivity contribution < 1.29 is 14.7 Å². The Morgan fingerprint density at radius 2 is 1.58 bits per heavy atom. The van der Waals surface area contributed by atoms with Crippen molar-refractivity contribution in [3.05, 3.63) is 70.8 Å². The number of hydrogen-bond donors (Lipinski definition) is 1. The lowest BCUT2D eigenvalue weighted by Gasteiger charge is -2.35. The fourth-order valence-corrected chi connectivity index (χ4v) is 3.85. The maximum Gasteiger partial charge on any atom is 0.330 e. The van der Waals surface area contributed by atoms with E-state index >= 15 is 0 Å². The number of amides is 1. The normalized spacial score (nSPS) is 14.9. The smallest absolute Gasteiger partial charge is 0.330 e. The van der Waals surface area contributed by atoms with Crippen LogP contribution in [0.1, 0.15) is 40.9 Å². The maximum absolute atomic E-state index is 13.3. The van der Waals surface area contributed by atoms with Crippen LogP contribution < -0.4 is 0 Å². The minimum Gasteiger partial charge on any atom is -0.479 e. The Labute approximate surface area is 154 Å². The van der Waals surface area contributed by atoms with Crippen molar-refractivity contribution in [2.45, 2.75) is 38.6 Å². The van der Waals surface area contributed by atoms with Gasteiger partial charge in [0.1, 0.15) is 5.54 Å². The minimum absolute atomic E-state index is 0.226. The summed E-state index contributed by atoms with van der Waals surface area (Å²) in [6, 6.07) is 15.2. The molecule has 4 heteroatoms. The number of benzene rings is 2. The molecule has 1 amide bonds. The van der Waals surface area contributed by atoms with Crippen molar-refractivity contribution in [3.63, 3.8) is 0 Å². The van der Waals surface area contributed by atoms with Gasteiger partial charge in [0.25, 0.3) is 5.91 Å². The molecule has 0 saturated heterocycles. The van der Waals surface area contributed by atoms with E-state index in [1.165, 1.54) is 4.90 Å². The molecule has 0 fully saturated rings. The summed E-state index contributed by atoms with van der Waals surface area (Å²) in [6.07, 6.45) is 1.47. The molecule has 2 aromatic rings. The van der Waals surface area contributed by atoms with E-state index < -0.39 is 11.5 Å². The Hall–Kier alpha value is -2.62. The van der Waals surface area contributed by atoms with Crippen LogP contribution in [0.25, 0.3) is 0 Å². The fourth-order valence-electron chi connectivity index (χ4n) is 3.85. The molecule has 2 aromatic carbocycles. The number of hydrogen-bond acceptors (Lipinski definition) is 2. The quantitative estimate of drug-likeness (QED) is 0.896. The van der Waals surface area contributed by atoms with E-state index in [2.05, 4.69) is 13.8 Å². The number of rotatable bonds is 5. The lowest BCUT2D eigenvalue weighted by Crippen LogP contribution is -2.56. The van der Waals surface area contributed by atoms with Crippen molar-refractivity contribution in [2.24, 2.45) is 5.92 Å². The average Bonchev–Trinajstić information content (AvgIpc) is 3.01. The summed E-state index contributed by atoms with van der Waals surface area (Å²) in [5.74, 6) is -0.763. The van der Waals surface area contributed by atoms with Crippen molar-refractivity contribution in [1.82, 2.24) is 4.90 Å². The predicted octanol–water partition coefficient (Wildman–Crippen LogP) is 3.58. The maximum atomic E-state index is 13.3. The topological polar surface area (TPSA) is 57.6 Å². The van der Waals surface area contributed by atoms with Crippen molar-refractivity contribution in [1.29, 1.82) is 0 Å². The summed E-state index contributed by atoms with van der Waals surface area (Å²) in [7, 11) is 1.62. The van der Waals surface area contributed by atoms with E-state index in [4.69, 9.17) is 0 Å². The Morgan fingerprint density at radius 3 is 2.12 bits per heavy atom. The first-order valence-electron chi connectivity index (χ1n) is 9.01. The second kappa shape index (κ2) is 6.94. The number of likely N-dealkylation sites (N-methyl/N-ethyl adjacent to an activating group) is 1. The first-order valence-corrected chi connectivity index (χ1v) is 9.01. The summed E-state index contributed by atoms with van der Waals surface area (Å²) in [5.41, 5.74) is 2.34. The molecule has 4 nitrogen and oxygen atoms in total. The van der Waals surface area contributed by atoms with Gasteiger partial charge in [-0.15, -0.1) is 0 Å². The van der Waals surface area contributed by atoms with Crippen LogP contribution in [0.3, 0.4) is 0 Å². The van der Waals surface area contributed by atoms with Gasteiger partial charge in [-0.3, -0.25) is 4.79 Å². The molecule has 136 valence electrons. The third-order valence-electron chi connectivity index (χ3n) is 5.30. The van der Waals surface area contributed by atoms with E-state index in [-0.39, 0.29) is 5.91 Å². The van der Waals surface area contributed by atoms with Gasteiger partial charge in [0.2, 0.25) is 0 Å². The van der Waals surface area contributed by atoms with Crippen LogP contribution in [0.2, 0.25) is 0 Å². The average molecular weight is 351 g/mol. The number of carboxylic acids is 1. The van der Waals surface area contributed by atoms with Crippen molar-refractivity contribution >= 4 is 11.9 Å². The highest BCUT2D eigenvalue weighted by Gasteiger charge is 2.49. The third kappa shape index (κ3) is 3.12. The largest absolute Gasteiger partial charge is 0.479 e. The number of carboxylic acid groups (broad SMARTS) is 1. The van der Waals surface area contributed by atoms with Gasteiger partial charge in [0, 0.05) is 25.5 Å². The van der Waals surface area contributed by atoms with Gasteiger partial charge in [0.05, 0.1) is 0 Å². The molecule has 0 saturated carbocycles. The highest BCUT2D eigenvalue weighted by molar-refractivity contribution is 5.99. The molecule has 0 radical (unpaired) electrons. The van der Waals surface area contributed by atoms with Crippen LogP contribution in [-0.2, 0) is 24.1 Å². The molecule has 0 bridgehead atoms. The van der Waals surface area contributed by atoms with Crippen LogP contribution in [0.15, 0.2) is 48.5 Å². The van der Waals surface area contributed by atoms with E-state index in [1.54, 1.807) is 13.1 Å². The zero-order valence-electron chi connectivity index (χ0n) is 15.5. The highest BCUT2D eigenvalue weighted by atomic mass is 16.4. The van der Waals surface area contributed by atoms with E-state index in [0.29, 0.717) is 24.3 Å². The zero-order chi connectivity index (χ0) is 18.9. The van der Waals surface area contributed by atoms with E-state index in [1.807, 2.05) is 42.5 Å². The molecular weight excluding hydrogens is 326 g/mol. The molecule has 1 aliphatic carbocycles. The summed E-state index contributed by atoms with van der Waals surface area (Å²) in [5, 5.41) is 10.0. The number of nitrogens with zero attached hydrogens (tertiary/aromatic N) is 1. The monoisotopic (exact) mass is 351 g/mol.